The van der Waals surface area contributed by atoms with Gasteiger partial charge in [-0.25, -0.2) is 4.98 Å². The van der Waals surface area contributed by atoms with Gasteiger partial charge in [0.1, 0.15) is 17.3 Å². The summed E-state index contributed by atoms with van der Waals surface area (Å²) in [5.74, 6) is 1.22. The lowest BCUT2D eigenvalue weighted by molar-refractivity contribution is 0.0847. The Kier molecular flexibility index (Phi) is 13.4. The zero-order chi connectivity index (χ0) is 27.2. The second-order valence-electron chi connectivity index (χ2n) is 9.44. The molecule has 2 aromatic carbocycles. The summed E-state index contributed by atoms with van der Waals surface area (Å²) in [4.78, 5) is 22.2. The second kappa shape index (κ2) is 15.7. The molecule has 220 valence electrons. The summed E-state index contributed by atoms with van der Waals surface area (Å²) < 4.78 is 7.53. The van der Waals surface area contributed by atoms with E-state index in [-0.39, 0.29) is 37.3 Å². The number of nitrogens with zero attached hydrogens (tertiary/aromatic N) is 4. The summed E-state index contributed by atoms with van der Waals surface area (Å²) in [6.07, 6.45) is 0.913. The summed E-state index contributed by atoms with van der Waals surface area (Å²) in [6.45, 7) is 7.67. The summed E-state index contributed by atoms with van der Waals surface area (Å²) in [7, 11) is 1.63. The van der Waals surface area contributed by atoms with Crippen molar-refractivity contribution in [2.75, 3.05) is 51.3 Å². The molecule has 12 heteroatoms. The quantitative estimate of drug-likeness (QED) is 0.320. The molecule has 0 spiro atoms. The van der Waals surface area contributed by atoms with Crippen molar-refractivity contribution >= 4 is 59.6 Å². The zero-order valence-corrected chi connectivity index (χ0v) is 26.0. The van der Waals surface area contributed by atoms with Crippen molar-refractivity contribution < 1.29 is 14.6 Å². The minimum absolute atomic E-state index is 0. The van der Waals surface area contributed by atoms with Crippen molar-refractivity contribution in [3.05, 3.63) is 69.7 Å². The molecule has 1 fully saturated rings. The number of rotatable bonds is 10. The fourth-order valence-corrected chi connectivity index (χ4v) is 5.28. The monoisotopic (exact) mass is 631 g/mol. The first-order valence-electron chi connectivity index (χ1n) is 12.9. The maximum atomic E-state index is 13.1. The van der Waals surface area contributed by atoms with E-state index in [1.54, 1.807) is 13.2 Å². The van der Waals surface area contributed by atoms with E-state index in [4.69, 9.17) is 27.9 Å². The number of imidazole rings is 1. The fraction of sp³-hybridized carbons (Fsp3) is 0.429. The van der Waals surface area contributed by atoms with Crippen molar-refractivity contribution in [2.45, 2.75) is 32.8 Å². The molecule has 2 N–H and O–H groups in total. The molecule has 3 aromatic rings. The van der Waals surface area contributed by atoms with Crippen LogP contribution in [0.1, 0.15) is 35.4 Å². The molecule has 8 nitrogen and oxygen atoms in total. The van der Waals surface area contributed by atoms with Crippen LogP contribution in [0.15, 0.2) is 42.5 Å². The van der Waals surface area contributed by atoms with Crippen molar-refractivity contribution in [3.63, 3.8) is 0 Å². The lowest BCUT2D eigenvalue weighted by Gasteiger charge is -2.37. The maximum Gasteiger partial charge on any atom is 0.271 e. The SMILES string of the molecule is CCCc1nc(C(=O)NCC(O)CN2CCN(c3cccc(Cl)c3Cl)CC2)c(C)n1-c1ccccc1OC.Cl.Cl. The molecular weight excluding hydrogens is 596 g/mol. The molecule has 2 heterocycles. The largest absolute Gasteiger partial charge is 0.495 e. The van der Waals surface area contributed by atoms with Crippen LogP contribution >= 0.6 is 48.0 Å². The van der Waals surface area contributed by atoms with E-state index >= 15 is 0 Å². The number of aliphatic hydroxyl groups excluding tert-OH is 1. The van der Waals surface area contributed by atoms with E-state index in [0.29, 0.717) is 28.0 Å². The Bertz CT molecular complexity index is 1260. The van der Waals surface area contributed by atoms with Gasteiger partial charge in [-0.05, 0) is 37.6 Å². The van der Waals surface area contributed by atoms with Crippen LogP contribution < -0.4 is 15.0 Å². The number of piperazine rings is 1. The first-order chi connectivity index (χ1) is 18.3. The number of para-hydroxylation sites is 2. The van der Waals surface area contributed by atoms with Gasteiger partial charge >= 0.3 is 0 Å². The number of amides is 1. The Hall–Kier alpha value is -2.20. The summed E-state index contributed by atoms with van der Waals surface area (Å²) in [6, 6.07) is 13.3. The van der Waals surface area contributed by atoms with Crippen LogP contribution in [0.25, 0.3) is 5.69 Å². The summed E-state index contributed by atoms with van der Waals surface area (Å²) >= 11 is 12.5. The normalized spacial score (nSPS) is 14.2. The third kappa shape index (κ3) is 7.75. The van der Waals surface area contributed by atoms with Gasteiger partial charge in [-0.1, -0.05) is 48.3 Å². The predicted octanol–water partition coefficient (Wildman–Crippen LogP) is 5.21. The number of carbonyl (C=O) groups is 1. The van der Waals surface area contributed by atoms with E-state index in [1.165, 1.54) is 0 Å². The second-order valence-corrected chi connectivity index (χ2v) is 10.2. The van der Waals surface area contributed by atoms with Gasteiger partial charge in [0, 0.05) is 45.7 Å². The van der Waals surface area contributed by atoms with Crippen molar-refractivity contribution in [1.82, 2.24) is 19.8 Å². The van der Waals surface area contributed by atoms with Gasteiger partial charge in [-0.3, -0.25) is 14.3 Å². The molecule has 0 aliphatic carbocycles. The number of anilines is 1. The molecule has 1 unspecified atom stereocenters. The van der Waals surface area contributed by atoms with Crippen LogP contribution in [0.4, 0.5) is 5.69 Å². The van der Waals surface area contributed by atoms with Crippen molar-refractivity contribution in [1.29, 1.82) is 0 Å². The fourth-order valence-electron chi connectivity index (χ4n) is 4.86. The Morgan fingerprint density at radius 1 is 1.07 bits per heavy atom. The number of β-amino-alcohol motifs (C(OH)–C–C–N with tert-alkyl or cyclic N) is 1. The molecular formula is C28H37Cl4N5O3. The number of methoxy groups -OCH3 is 1. The molecule has 1 atom stereocenters. The minimum atomic E-state index is -0.702. The molecule has 40 heavy (non-hydrogen) atoms. The highest BCUT2D eigenvalue weighted by Crippen LogP contribution is 2.33. The van der Waals surface area contributed by atoms with E-state index < -0.39 is 6.10 Å². The maximum absolute atomic E-state index is 13.1. The number of hydrogen-bond donors (Lipinski definition) is 2. The molecule has 1 saturated heterocycles. The molecule has 4 rings (SSSR count). The molecule has 1 aromatic heterocycles. The number of hydrogen-bond acceptors (Lipinski definition) is 6. The molecule has 1 aliphatic heterocycles. The van der Waals surface area contributed by atoms with Gasteiger partial charge in [-0.15, -0.1) is 24.8 Å². The minimum Gasteiger partial charge on any atom is -0.495 e. The number of nitrogens with one attached hydrogen (secondary N) is 1. The Labute approximate surface area is 258 Å². The lowest BCUT2D eigenvalue weighted by atomic mass is 10.2. The Balaban J connectivity index is 0.00000280. The molecule has 0 bridgehead atoms. The summed E-state index contributed by atoms with van der Waals surface area (Å²) in [5, 5.41) is 14.7. The number of ether oxygens (including phenoxy) is 1. The average Bonchev–Trinajstić information content (AvgIpc) is 3.25. The van der Waals surface area contributed by atoms with Gasteiger partial charge < -0.3 is 20.1 Å². The molecule has 0 saturated carbocycles. The van der Waals surface area contributed by atoms with Crippen LogP contribution in [0.5, 0.6) is 5.75 Å². The number of carbonyl (C=O) groups excluding carboxylic acids is 1. The number of aliphatic hydroxyl groups is 1. The highest BCUT2D eigenvalue weighted by atomic mass is 35.5. The van der Waals surface area contributed by atoms with E-state index in [9.17, 15) is 9.90 Å². The highest BCUT2D eigenvalue weighted by molar-refractivity contribution is 6.43. The number of aromatic nitrogens is 2. The highest BCUT2D eigenvalue weighted by Gasteiger charge is 2.24. The van der Waals surface area contributed by atoms with Gasteiger partial charge in [0.05, 0.1) is 40.3 Å². The van der Waals surface area contributed by atoms with Crippen LogP contribution in [0, 0.1) is 6.92 Å². The van der Waals surface area contributed by atoms with Gasteiger partial charge in [-0.2, -0.15) is 0 Å². The van der Waals surface area contributed by atoms with Gasteiger partial charge in [0.15, 0.2) is 0 Å². The zero-order valence-electron chi connectivity index (χ0n) is 22.9. The standard InChI is InChI=1S/C28H35Cl2N5O3.2ClH/c1-4-8-25-32-27(19(2)35(25)22-10-5-6-12-24(22)38-3)28(37)31-17-20(36)18-33-13-15-34(16-14-33)23-11-7-9-21(29)26(23)30;;/h5-7,9-12,20,36H,4,8,13-18H2,1-3H3,(H,31,37);2*1H. The van der Waals surface area contributed by atoms with E-state index in [0.717, 1.165) is 61.9 Å². The molecule has 1 aliphatic rings. The first kappa shape index (κ1) is 34.0. The van der Waals surface area contributed by atoms with E-state index in [2.05, 4.69) is 27.0 Å². The number of benzene rings is 2. The third-order valence-corrected chi connectivity index (χ3v) is 7.61. The molecule has 0 radical (unpaired) electrons. The van der Waals surface area contributed by atoms with Crippen molar-refractivity contribution in [3.8, 4) is 11.4 Å². The topological polar surface area (TPSA) is 82.9 Å². The predicted molar refractivity (Wildman–Crippen MR) is 167 cm³/mol. The Morgan fingerprint density at radius 3 is 2.42 bits per heavy atom. The lowest BCUT2D eigenvalue weighted by Crippen LogP contribution is -2.50. The Morgan fingerprint density at radius 2 is 1.75 bits per heavy atom. The van der Waals surface area contributed by atoms with Gasteiger partial charge in [0.2, 0.25) is 0 Å². The van der Waals surface area contributed by atoms with Crippen molar-refractivity contribution in [2.24, 2.45) is 0 Å². The van der Waals surface area contributed by atoms with Crippen LogP contribution in [-0.2, 0) is 6.42 Å². The number of aryl methyl sites for hydroxylation is 1. The van der Waals surface area contributed by atoms with Crippen LogP contribution in [0.3, 0.4) is 0 Å². The van der Waals surface area contributed by atoms with Gasteiger partial charge in [0.25, 0.3) is 5.91 Å². The average molecular weight is 633 g/mol. The van der Waals surface area contributed by atoms with Crippen LogP contribution in [0.2, 0.25) is 10.0 Å². The number of halogens is 4. The van der Waals surface area contributed by atoms with E-state index in [1.807, 2.05) is 47.9 Å². The smallest absolute Gasteiger partial charge is 0.271 e. The molecule has 1 amide bonds. The van der Waals surface area contributed by atoms with Crippen LogP contribution in [-0.4, -0.2) is 77.9 Å². The first-order valence-corrected chi connectivity index (χ1v) is 13.7. The third-order valence-electron chi connectivity index (χ3n) is 6.80. The summed E-state index contributed by atoms with van der Waals surface area (Å²) in [5.41, 5.74) is 2.87.